The Morgan fingerprint density at radius 2 is 1.74 bits per heavy atom. The number of aryl methyl sites for hydroxylation is 1. The van der Waals surface area contributed by atoms with E-state index in [0.717, 1.165) is 11.1 Å². The third kappa shape index (κ3) is 5.93. The molecule has 1 unspecified atom stereocenters. The second-order valence-corrected chi connectivity index (χ2v) is 6.07. The van der Waals surface area contributed by atoms with E-state index in [4.69, 9.17) is 4.74 Å². The van der Waals surface area contributed by atoms with E-state index in [0.29, 0.717) is 11.3 Å². The molecule has 3 N–H and O–H groups in total. The smallest absolute Gasteiger partial charge is 0.265 e. The number of nitrogens with zero attached hydrogens (tertiary/aromatic N) is 1. The van der Waals surface area contributed by atoms with Gasteiger partial charge in [-0.1, -0.05) is 29.8 Å². The van der Waals surface area contributed by atoms with Crippen molar-refractivity contribution < 1.29 is 19.4 Å². The molecule has 0 aromatic heterocycles. The van der Waals surface area contributed by atoms with Crippen molar-refractivity contribution in [1.82, 2.24) is 10.7 Å². The zero-order chi connectivity index (χ0) is 19.8. The quantitative estimate of drug-likeness (QED) is 0.510. The number of carbonyl (C=O) groups excluding carboxylic acids is 2. The summed E-state index contributed by atoms with van der Waals surface area (Å²) >= 11 is 0. The number of ether oxygens (including phenoxy) is 1. The maximum Gasteiger partial charge on any atom is 0.265 e. The molecule has 2 aromatic carbocycles. The Hall–Kier alpha value is -3.19. The Bertz CT molecular complexity index is 799. The highest BCUT2D eigenvalue weighted by molar-refractivity contribution is 5.98. The van der Waals surface area contributed by atoms with Crippen molar-refractivity contribution >= 4 is 18.0 Å². The van der Waals surface area contributed by atoms with Crippen LogP contribution in [0.4, 0.5) is 0 Å². The van der Waals surface area contributed by atoms with Gasteiger partial charge < -0.3 is 15.2 Å². The van der Waals surface area contributed by atoms with Gasteiger partial charge in [-0.25, -0.2) is 5.43 Å². The first kappa shape index (κ1) is 20.1. The molecule has 2 amide bonds. The molecule has 142 valence electrons. The van der Waals surface area contributed by atoms with Gasteiger partial charge in [0.2, 0.25) is 0 Å². The summed E-state index contributed by atoms with van der Waals surface area (Å²) in [5.41, 5.74) is 4.62. The zero-order valence-electron chi connectivity index (χ0n) is 15.5. The van der Waals surface area contributed by atoms with Crippen LogP contribution in [0.3, 0.4) is 0 Å². The molecule has 7 heteroatoms. The van der Waals surface area contributed by atoms with Gasteiger partial charge in [0, 0.05) is 5.56 Å². The predicted octanol–water partition coefficient (Wildman–Crippen LogP) is 1.63. The van der Waals surface area contributed by atoms with Crippen molar-refractivity contribution in [1.29, 1.82) is 0 Å². The van der Waals surface area contributed by atoms with Crippen LogP contribution in [0, 0.1) is 6.92 Å². The summed E-state index contributed by atoms with van der Waals surface area (Å²) in [6.07, 6.45) is 0.392. The van der Waals surface area contributed by atoms with Gasteiger partial charge in [-0.15, -0.1) is 0 Å². The molecular formula is C20H23N3O4. The number of hydrogen-bond donors (Lipinski definition) is 3. The van der Waals surface area contributed by atoms with Crippen molar-refractivity contribution in [3.05, 3.63) is 65.2 Å². The largest absolute Gasteiger partial charge is 0.497 e. The lowest BCUT2D eigenvalue weighted by molar-refractivity contribution is -0.125. The number of hydrogen-bond acceptors (Lipinski definition) is 5. The molecule has 0 aliphatic rings. The minimum atomic E-state index is -1.14. The number of aliphatic hydroxyl groups is 1. The average Bonchev–Trinajstić information content (AvgIpc) is 2.67. The molecule has 0 saturated carbocycles. The van der Waals surface area contributed by atoms with E-state index in [-0.39, 0.29) is 0 Å². The van der Waals surface area contributed by atoms with E-state index in [1.807, 2.05) is 31.2 Å². The van der Waals surface area contributed by atoms with Crippen LogP contribution in [-0.2, 0) is 4.79 Å². The Labute approximate surface area is 158 Å². The second kappa shape index (κ2) is 9.49. The maximum atomic E-state index is 12.3. The SMILES string of the molecule is COc1ccc(C(=O)N[C@H](C(=O)N/N=C/c2ccc(C)cc2)C(C)O)cc1. The molecule has 2 aromatic rings. The lowest BCUT2D eigenvalue weighted by Crippen LogP contribution is -2.51. The summed E-state index contributed by atoms with van der Waals surface area (Å²) in [5.74, 6) is -0.488. The zero-order valence-corrected chi connectivity index (χ0v) is 15.5. The fraction of sp³-hybridized carbons (Fsp3) is 0.250. The molecule has 27 heavy (non-hydrogen) atoms. The van der Waals surface area contributed by atoms with Crippen molar-refractivity contribution in [3.63, 3.8) is 0 Å². The maximum absolute atomic E-state index is 12.3. The Kier molecular flexibility index (Phi) is 7.08. The van der Waals surface area contributed by atoms with E-state index in [9.17, 15) is 14.7 Å². The van der Waals surface area contributed by atoms with E-state index < -0.39 is 24.0 Å². The fourth-order valence-electron chi connectivity index (χ4n) is 2.26. The topological polar surface area (TPSA) is 100 Å². The third-order valence-corrected chi connectivity index (χ3v) is 3.87. The number of methoxy groups -OCH3 is 1. The number of rotatable bonds is 7. The molecule has 0 aliphatic carbocycles. The van der Waals surface area contributed by atoms with Crippen LogP contribution in [0.2, 0.25) is 0 Å². The van der Waals surface area contributed by atoms with Gasteiger partial charge in [-0.3, -0.25) is 9.59 Å². The molecular weight excluding hydrogens is 346 g/mol. The summed E-state index contributed by atoms with van der Waals surface area (Å²) in [6.45, 7) is 3.39. The fourth-order valence-corrected chi connectivity index (χ4v) is 2.26. The number of aliphatic hydroxyl groups excluding tert-OH is 1. The first-order valence-electron chi connectivity index (χ1n) is 8.43. The lowest BCUT2D eigenvalue weighted by Gasteiger charge is -2.19. The Balaban J connectivity index is 1.99. The highest BCUT2D eigenvalue weighted by Crippen LogP contribution is 2.11. The summed E-state index contributed by atoms with van der Waals surface area (Å²) < 4.78 is 5.04. The van der Waals surface area contributed by atoms with Crippen molar-refractivity contribution in [2.24, 2.45) is 5.10 Å². The van der Waals surface area contributed by atoms with Crippen molar-refractivity contribution in [3.8, 4) is 5.75 Å². The molecule has 0 saturated heterocycles. The summed E-state index contributed by atoms with van der Waals surface area (Å²) in [5, 5.41) is 16.2. The predicted molar refractivity (Wildman–Crippen MR) is 103 cm³/mol. The van der Waals surface area contributed by atoms with Gasteiger partial charge in [-0.05, 0) is 43.7 Å². The Morgan fingerprint density at radius 3 is 2.30 bits per heavy atom. The molecule has 0 fully saturated rings. The van der Waals surface area contributed by atoms with Crippen molar-refractivity contribution in [2.45, 2.75) is 26.0 Å². The summed E-state index contributed by atoms with van der Waals surface area (Å²) in [7, 11) is 1.53. The normalized spacial score (nSPS) is 13.0. The van der Waals surface area contributed by atoms with E-state index in [2.05, 4.69) is 15.8 Å². The number of hydrazone groups is 1. The first-order chi connectivity index (χ1) is 12.9. The minimum absolute atomic E-state index is 0.345. The highest BCUT2D eigenvalue weighted by Gasteiger charge is 2.25. The van der Waals surface area contributed by atoms with Gasteiger partial charge >= 0.3 is 0 Å². The standard InChI is InChI=1S/C20H23N3O4/c1-13-4-6-15(7-5-13)12-21-23-20(26)18(14(2)24)22-19(25)16-8-10-17(27-3)11-9-16/h4-12,14,18,24H,1-3H3,(H,22,25)(H,23,26)/b21-12+/t14?,18-/m0/s1. The number of amides is 2. The molecule has 0 radical (unpaired) electrons. The summed E-state index contributed by atoms with van der Waals surface area (Å²) in [4.78, 5) is 24.6. The van der Waals surface area contributed by atoms with Crippen LogP contribution in [0.1, 0.15) is 28.4 Å². The van der Waals surface area contributed by atoms with E-state index in [1.54, 1.807) is 24.3 Å². The first-order valence-corrected chi connectivity index (χ1v) is 8.43. The Morgan fingerprint density at radius 1 is 1.11 bits per heavy atom. The number of carbonyl (C=O) groups is 2. The van der Waals surface area contributed by atoms with Gasteiger partial charge in [0.1, 0.15) is 11.8 Å². The average molecular weight is 369 g/mol. The van der Waals surface area contributed by atoms with Crippen LogP contribution in [0.25, 0.3) is 0 Å². The number of nitrogens with one attached hydrogen (secondary N) is 2. The second-order valence-electron chi connectivity index (χ2n) is 6.07. The van der Waals surface area contributed by atoms with Gasteiger partial charge in [-0.2, -0.15) is 5.10 Å². The molecule has 7 nitrogen and oxygen atoms in total. The monoisotopic (exact) mass is 369 g/mol. The molecule has 2 atom stereocenters. The molecule has 0 spiro atoms. The number of benzene rings is 2. The lowest BCUT2D eigenvalue weighted by atomic mass is 10.1. The van der Waals surface area contributed by atoms with Crippen LogP contribution in [0.5, 0.6) is 5.75 Å². The highest BCUT2D eigenvalue weighted by atomic mass is 16.5. The third-order valence-electron chi connectivity index (χ3n) is 3.87. The van der Waals surface area contributed by atoms with Gasteiger partial charge in [0.15, 0.2) is 0 Å². The van der Waals surface area contributed by atoms with Gasteiger partial charge in [0.05, 0.1) is 19.4 Å². The van der Waals surface area contributed by atoms with Crippen molar-refractivity contribution in [2.75, 3.05) is 7.11 Å². The van der Waals surface area contributed by atoms with Crippen LogP contribution < -0.4 is 15.5 Å². The molecule has 0 heterocycles. The molecule has 2 rings (SSSR count). The molecule has 0 bridgehead atoms. The molecule has 0 aliphatic heterocycles. The van der Waals surface area contributed by atoms with Gasteiger partial charge in [0.25, 0.3) is 11.8 Å². The van der Waals surface area contributed by atoms with Crippen LogP contribution in [-0.4, -0.2) is 42.4 Å². The van der Waals surface area contributed by atoms with E-state index in [1.165, 1.54) is 20.2 Å². The van der Waals surface area contributed by atoms with Crippen LogP contribution >= 0.6 is 0 Å². The van der Waals surface area contributed by atoms with E-state index >= 15 is 0 Å². The minimum Gasteiger partial charge on any atom is -0.497 e. The summed E-state index contributed by atoms with van der Waals surface area (Å²) in [6, 6.07) is 12.9. The van der Waals surface area contributed by atoms with Crippen LogP contribution in [0.15, 0.2) is 53.6 Å².